The molecule has 1 aromatic carbocycles. The monoisotopic (exact) mass is 368 g/mol. The van der Waals surface area contributed by atoms with Gasteiger partial charge in [-0.25, -0.2) is 0 Å². The summed E-state index contributed by atoms with van der Waals surface area (Å²) in [4.78, 5) is 4.75. The van der Waals surface area contributed by atoms with Crippen molar-refractivity contribution in [2.75, 3.05) is 13.1 Å². The molecule has 27 heavy (non-hydrogen) atoms. The molecule has 2 aromatic rings. The third-order valence-electron chi connectivity index (χ3n) is 5.38. The van der Waals surface area contributed by atoms with Crippen LogP contribution in [-0.4, -0.2) is 24.2 Å². The van der Waals surface area contributed by atoms with Gasteiger partial charge >= 0.3 is 0 Å². The van der Waals surface area contributed by atoms with Crippen LogP contribution in [0.1, 0.15) is 66.4 Å². The smallest absolute Gasteiger partial charge is 0.191 e. The van der Waals surface area contributed by atoms with Crippen molar-refractivity contribution in [3.05, 3.63) is 51.9 Å². The lowest BCUT2D eigenvalue weighted by Gasteiger charge is -2.21. The Kier molecular flexibility index (Phi) is 6.54. The molecule has 0 saturated heterocycles. The maximum absolute atomic E-state index is 5.24. The summed E-state index contributed by atoms with van der Waals surface area (Å²) in [6.07, 6.45) is 5.91. The van der Waals surface area contributed by atoms with E-state index in [1.54, 1.807) is 0 Å². The summed E-state index contributed by atoms with van der Waals surface area (Å²) in [6, 6.07) is 7.16. The maximum Gasteiger partial charge on any atom is 0.191 e. The SMILES string of the molecule is CCNC(=NCCc1c(C)noc1C)NC(C)c1ccc2c(c1)CCCC2. The Hall–Kier alpha value is -2.30. The molecule has 0 spiro atoms. The molecule has 146 valence electrons. The number of rotatable bonds is 6. The second-order valence-corrected chi connectivity index (χ2v) is 7.41. The first-order valence-electron chi connectivity index (χ1n) is 10.2. The molecule has 1 atom stereocenters. The van der Waals surface area contributed by atoms with Crippen LogP contribution in [0.5, 0.6) is 0 Å². The van der Waals surface area contributed by atoms with E-state index in [-0.39, 0.29) is 6.04 Å². The first kappa shape index (κ1) is 19.5. The summed E-state index contributed by atoms with van der Waals surface area (Å²) in [6.45, 7) is 9.78. The summed E-state index contributed by atoms with van der Waals surface area (Å²) in [5.41, 5.74) is 6.50. The van der Waals surface area contributed by atoms with Gasteiger partial charge < -0.3 is 15.2 Å². The van der Waals surface area contributed by atoms with Gasteiger partial charge in [0, 0.05) is 18.7 Å². The van der Waals surface area contributed by atoms with E-state index in [1.807, 2.05) is 13.8 Å². The van der Waals surface area contributed by atoms with Gasteiger partial charge in [0.15, 0.2) is 5.96 Å². The van der Waals surface area contributed by atoms with Crippen LogP contribution < -0.4 is 10.6 Å². The predicted octanol–water partition coefficient (Wildman–Crippen LogP) is 4.03. The first-order valence-corrected chi connectivity index (χ1v) is 10.2. The molecule has 5 nitrogen and oxygen atoms in total. The highest BCUT2D eigenvalue weighted by atomic mass is 16.5. The zero-order valence-corrected chi connectivity index (χ0v) is 17.1. The average Bonchev–Trinajstić information content (AvgIpc) is 2.99. The highest BCUT2D eigenvalue weighted by molar-refractivity contribution is 5.80. The molecule has 2 N–H and O–H groups in total. The van der Waals surface area contributed by atoms with E-state index < -0.39 is 0 Å². The normalized spacial score (nSPS) is 15.3. The number of hydrogen-bond acceptors (Lipinski definition) is 3. The predicted molar refractivity (Wildman–Crippen MR) is 110 cm³/mol. The Morgan fingerprint density at radius 3 is 2.70 bits per heavy atom. The van der Waals surface area contributed by atoms with Crippen molar-refractivity contribution in [3.8, 4) is 0 Å². The molecule has 3 rings (SSSR count). The second-order valence-electron chi connectivity index (χ2n) is 7.41. The molecule has 0 fully saturated rings. The molecule has 1 aliphatic carbocycles. The number of benzene rings is 1. The van der Waals surface area contributed by atoms with Crippen LogP contribution in [0, 0.1) is 13.8 Å². The van der Waals surface area contributed by atoms with Crippen LogP contribution in [0.2, 0.25) is 0 Å². The van der Waals surface area contributed by atoms with Gasteiger partial charge in [0.1, 0.15) is 5.76 Å². The van der Waals surface area contributed by atoms with Crippen molar-refractivity contribution in [1.29, 1.82) is 0 Å². The Bertz CT molecular complexity index is 774. The molecular weight excluding hydrogens is 336 g/mol. The number of aryl methyl sites for hydroxylation is 4. The molecule has 0 radical (unpaired) electrons. The van der Waals surface area contributed by atoms with Gasteiger partial charge in [-0.15, -0.1) is 0 Å². The molecule has 1 heterocycles. The molecule has 0 aliphatic heterocycles. The van der Waals surface area contributed by atoms with E-state index in [4.69, 9.17) is 9.52 Å². The Labute approximate surface area is 162 Å². The third-order valence-corrected chi connectivity index (χ3v) is 5.38. The summed E-state index contributed by atoms with van der Waals surface area (Å²) in [7, 11) is 0. The molecule has 0 bridgehead atoms. The Balaban J connectivity index is 1.64. The fourth-order valence-corrected chi connectivity index (χ4v) is 3.77. The van der Waals surface area contributed by atoms with Crippen LogP contribution in [0.25, 0.3) is 0 Å². The number of guanidine groups is 1. The van der Waals surface area contributed by atoms with Gasteiger partial charge in [0.2, 0.25) is 0 Å². The van der Waals surface area contributed by atoms with Crippen LogP contribution in [-0.2, 0) is 19.3 Å². The highest BCUT2D eigenvalue weighted by Gasteiger charge is 2.14. The molecule has 0 amide bonds. The van der Waals surface area contributed by atoms with Gasteiger partial charge in [-0.1, -0.05) is 23.4 Å². The van der Waals surface area contributed by atoms with Gasteiger partial charge in [-0.2, -0.15) is 0 Å². The first-order chi connectivity index (χ1) is 13.1. The Morgan fingerprint density at radius 1 is 1.22 bits per heavy atom. The average molecular weight is 369 g/mol. The standard InChI is InChI=1S/C22H32N4O/c1-5-23-22(24-13-12-21-16(3)26-27-17(21)4)25-15(2)19-11-10-18-8-6-7-9-20(18)14-19/h10-11,14-15H,5-9,12-13H2,1-4H3,(H2,23,24,25). The van der Waals surface area contributed by atoms with Crippen molar-refractivity contribution in [2.45, 2.75) is 65.8 Å². The van der Waals surface area contributed by atoms with Gasteiger partial charge in [0.25, 0.3) is 0 Å². The minimum atomic E-state index is 0.217. The van der Waals surface area contributed by atoms with Gasteiger partial charge in [-0.3, -0.25) is 4.99 Å². The fourth-order valence-electron chi connectivity index (χ4n) is 3.77. The fraction of sp³-hybridized carbons (Fsp3) is 0.545. The number of fused-ring (bicyclic) bond motifs is 1. The topological polar surface area (TPSA) is 62.5 Å². The summed E-state index contributed by atoms with van der Waals surface area (Å²) in [5.74, 6) is 1.75. The van der Waals surface area contributed by atoms with E-state index in [2.05, 4.69) is 47.8 Å². The van der Waals surface area contributed by atoms with Crippen molar-refractivity contribution in [3.63, 3.8) is 0 Å². The molecule has 1 aromatic heterocycles. The van der Waals surface area contributed by atoms with Crippen LogP contribution in [0.3, 0.4) is 0 Å². The number of nitrogens with zero attached hydrogens (tertiary/aromatic N) is 2. The van der Waals surface area contributed by atoms with Crippen molar-refractivity contribution < 1.29 is 4.52 Å². The molecule has 0 saturated carbocycles. The van der Waals surface area contributed by atoms with Crippen molar-refractivity contribution in [2.24, 2.45) is 4.99 Å². The zero-order valence-electron chi connectivity index (χ0n) is 17.1. The number of aliphatic imine (C=N–C) groups is 1. The summed E-state index contributed by atoms with van der Waals surface area (Å²) < 4.78 is 5.24. The van der Waals surface area contributed by atoms with Crippen molar-refractivity contribution >= 4 is 5.96 Å². The number of aromatic nitrogens is 1. The highest BCUT2D eigenvalue weighted by Crippen LogP contribution is 2.24. The van der Waals surface area contributed by atoms with Gasteiger partial charge in [-0.05, 0) is 76.5 Å². The molecule has 1 aliphatic rings. The maximum atomic E-state index is 5.24. The second kappa shape index (κ2) is 9.07. The van der Waals surface area contributed by atoms with Crippen LogP contribution in [0.4, 0.5) is 0 Å². The number of hydrogen-bond donors (Lipinski definition) is 2. The van der Waals surface area contributed by atoms with E-state index >= 15 is 0 Å². The minimum Gasteiger partial charge on any atom is -0.361 e. The summed E-state index contributed by atoms with van der Waals surface area (Å²) in [5, 5.41) is 10.9. The van der Waals surface area contributed by atoms with E-state index in [9.17, 15) is 0 Å². The van der Waals surface area contributed by atoms with E-state index in [0.29, 0.717) is 6.54 Å². The third kappa shape index (κ3) is 4.90. The largest absolute Gasteiger partial charge is 0.361 e. The van der Waals surface area contributed by atoms with Gasteiger partial charge in [0.05, 0.1) is 11.7 Å². The molecule has 1 unspecified atom stereocenters. The number of nitrogens with one attached hydrogen (secondary N) is 2. The van der Waals surface area contributed by atoms with Crippen LogP contribution in [0.15, 0.2) is 27.7 Å². The summed E-state index contributed by atoms with van der Waals surface area (Å²) >= 11 is 0. The van der Waals surface area contributed by atoms with Crippen LogP contribution >= 0.6 is 0 Å². The minimum absolute atomic E-state index is 0.217. The van der Waals surface area contributed by atoms with E-state index in [1.165, 1.54) is 42.4 Å². The zero-order chi connectivity index (χ0) is 19.2. The lowest BCUT2D eigenvalue weighted by molar-refractivity contribution is 0.392. The van der Waals surface area contributed by atoms with E-state index in [0.717, 1.165) is 35.9 Å². The quantitative estimate of drug-likeness (QED) is 0.597. The Morgan fingerprint density at radius 2 is 2.00 bits per heavy atom. The molecular formula is C22H32N4O. The molecule has 5 heteroatoms. The lowest BCUT2D eigenvalue weighted by atomic mass is 9.89. The van der Waals surface area contributed by atoms with Crippen molar-refractivity contribution in [1.82, 2.24) is 15.8 Å². The lowest BCUT2D eigenvalue weighted by Crippen LogP contribution is -2.39.